The molecule has 4 nitrogen and oxygen atoms in total. The van der Waals surface area contributed by atoms with Crippen LogP contribution >= 0.6 is 22.9 Å². The number of rotatable bonds is 4. The summed E-state index contributed by atoms with van der Waals surface area (Å²) in [4.78, 5) is 1.08. The zero-order valence-corrected chi connectivity index (χ0v) is 14.0. The first kappa shape index (κ1) is 15.2. The summed E-state index contributed by atoms with van der Waals surface area (Å²) in [6, 6.07) is 7.54. The van der Waals surface area contributed by atoms with E-state index in [0.717, 1.165) is 16.5 Å². The third kappa shape index (κ3) is 2.59. The first-order valence-electron chi connectivity index (χ1n) is 6.67. The van der Waals surface area contributed by atoms with E-state index in [1.54, 1.807) is 7.11 Å². The van der Waals surface area contributed by atoms with Crippen molar-refractivity contribution in [1.29, 1.82) is 0 Å². The number of nitrogens with zero attached hydrogens (tertiary/aromatic N) is 1. The van der Waals surface area contributed by atoms with Crippen LogP contribution in [-0.4, -0.2) is 39.0 Å². The van der Waals surface area contributed by atoms with Crippen molar-refractivity contribution in [2.75, 3.05) is 20.2 Å². The fourth-order valence-electron chi connectivity index (χ4n) is 2.68. The molecule has 0 aliphatic carbocycles. The third-order valence-corrected chi connectivity index (χ3v) is 7.50. The fraction of sp³-hybridized carbons (Fsp3) is 0.429. The van der Waals surface area contributed by atoms with E-state index in [1.165, 1.54) is 15.6 Å². The Morgan fingerprint density at radius 2 is 2.19 bits per heavy atom. The SMILES string of the molecule is COC1CCN(S(=O)(=O)c2c(CCl)sc3ccccc23)C1. The number of alkyl halides is 1. The van der Waals surface area contributed by atoms with Gasteiger partial charge in [0, 0.05) is 35.2 Å². The van der Waals surface area contributed by atoms with E-state index in [-0.39, 0.29) is 12.0 Å². The van der Waals surface area contributed by atoms with Gasteiger partial charge >= 0.3 is 0 Å². The highest BCUT2D eigenvalue weighted by Gasteiger charge is 2.35. The van der Waals surface area contributed by atoms with Gasteiger partial charge in [-0.2, -0.15) is 4.31 Å². The molecule has 0 N–H and O–H groups in total. The second-order valence-electron chi connectivity index (χ2n) is 4.99. The molecule has 1 aliphatic rings. The zero-order valence-electron chi connectivity index (χ0n) is 11.6. The van der Waals surface area contributed by atoms with Gasteiger partial charge in [0.15, 0.2) is 0 Å². The fourth-order valence-corrected chi connectivity index (χ4v) is 6.29. The maximum absolute atomic E-state index is 13.0. The summed E-state index contributed by atoms with van der Waals surface area (Å²) >= 11 is 7.42. The van der Waals surface area contributed by atoms with Gasteiger partial charge in [-0.1, -0.05) is 18.2 Å². The van der Waals surface area contributed by atoms with Gasteiger partial charge in [0.1, 0.15) is 4.90 Å². The average Bonchev–Trinajstić information content (AvgIpc) is 3.11. The summed E-state index contributed by atoms with van der Waals surface area (Å²) < 4.78 is 33.7. The van der Waals surface area contributed by atoms with Crippen LogP contribution in [0.3, 0.4) is 0 Å². The van der Waals surface area contributed by atoms with Gasteiger partial charge < -0.3 is 4.74 Å². The van der Waals surface area contributed by atoms with Crippen molar-refractivity contribution < 1.29 is 13.2 Å². The number of methoxy groups -OCH3 is 1. The average molecular weight is 346 g/mol. The van der Waals surface area contributed by atoms with Crippen LogP contribution in [0.5, 0.6) is 0 Å². The number of ether oxygens (including phenoxy) is 1. The van der Waals surface area contributed by atoms with Gasteiger partial charge in [0.2, 0.25) is 10.0 Å². The van der Waals surface area contributed by atoms with Crippen LogP contribution in [0.4, 0.5) is 0 Å². The topological polar surface area (TPSA) is 46.6 Å². The second kappa shape index (κ2) is 5.85. The maximum atomic E-state index is 13.0. The van der Waals surface area contributed by atoms with E-state index >= 15 is 0 Å². The molecule has 1 aliphatic heterocycles. The number of halogens is 1. The molecular formula is C14H16ClNO3S2. The number of sulfonamides is 1. The lowest BCUT2D eigenvalue weighted by Crippen LogP contribution is -2.30. The standard InChI is InChI=1S/C14H16ClNO3S2/c1-19-10-6-7-16(9-10)21(17,18)14-11-4-2-3-5-12(11)20-13(14)8-15/h2-5,10H,6-9H2,1H3. The first-order chi connectivity index (χ1) is 10.1. The van der Waals surface area contributed by atoms with Crippen LogP contribution in [0.25, 0.3) is 10.1 Å². The minimum Gasteiger partial charge on any atom is -0.380 e. The smallest absolute Gasteiger partial charge is 0.244 e. The molecular weight excluding hydrogens is 330 g/mol. The largest absolute Gasteiger partial charge is 0.380 e. The summed E-state index contributed by atoms with van der Waals surface area (Å²) in [5, 5.41) is 0.763. The molecule has 1 fully saturated rings. The lowest BCUT2D eigenvalue weighted by molar-refractivity contribution is 0.115. The molecule has 3 rings (SSSR count). The molecule has 0 bridgehead atoms. The maximum Gasteiger partial charge on any atom is 0.244 e. The molecule has 1 aromatic heterocycles. The zero-order chi connectivity index (χ0) is 15.0. The number of thiophene rings is 1. The van der Waals surface area contributed by atoms with Gasteiger partial charge in [0.05, 0.1) is 12.0 Å². The van der Waals surface area contributed by atoms with Crippen molar-refractivity contribution in [2.24, 2.45) is 0 Å². The predicted octanol–water partition coefficient (Wildman–Crippen LogP) is 3.05. The molecule has 0 spiro atoms. The molecule has 1 unspecified atom stereocenters. The van der Waals surface area contributed by atoms with Crippen molar-refractivity contribution in [2.45, 2.75) is 23.3 Å². The summed E-state index contributed by atoms with van der Waals surface area (Å²) in [5.41, 5.74) is 0. The minimum absolute atomic E-state index is 0.0240. The van der Waals surface area contributed by atoms with E-state index in [0.29, 0.717) is 22.9 Å². The number of fused-ring (bicyclic) bond motifs is 1. The molecule has 7 heteroatoms. The quantitative estimate of drug-likeness (QED) is 0.800. The third-order valence-electron chi connectivity index (χ3n) is 3.78. The molecule has 1 atom stereocenters. The predicted molar refractivity (Wildman–Crippen MR) is 85.6 cm³/mol. The molecule has 2 heterocycles. The number of hydrogen-bond acceptors (Lipinski definition) is 4. The molecule has 1 aromatic carbocycles. The highest BCUT2D eigenvalue weighted by atomic mass is 35.5. The van der Waals surface area contributed by atoms with Crippen molar-refractivity contribution in [1.82, 2.24) is 4.31 Å². The Hall–Kier alpha value is -0.660. The molecule has 114 valence electrons. The van der Waals surface area contributed by atoms with E-state index in [2.05, 4.69) is 0 Å². The second-order valence-corrected chi connectivity index (χ2v) is 8.27. The molecule has 1 saturated heterocycles. The Labute approximate surface area is 133 Å². The number of benzene rings is 1. The van der Waals surface area contributed by atoms with Crippen LogP contribution < -0.4 is 0 Å². The van der Waals surface area contributed by atoms with Crippen LogP contribution in [0.1, 0.15) is 11.3 Å². The monoisotopic (exact) mass is 345 g/mol. The van der Waals surface area contributed by atoms with Crippen LogP contribution in [0.15, 0.2) is 29.2 Å². The normalized spacial score (nSPS) is 20.4. The van der Waals surface area contributed by atoms with Crippen molar-refractivity contribution in [3.05, 3.63) is 29.1 Å². The van der Waals surface area contributed by atoms with Crippen LogP contribution in [-0.2, 0) is 20.6 Å². The highest BCUT2D eigenvalue weighted by molar-refractivity contribution is 7.89. The summed E-state index contributed by atoms with van der Waals surface area (Å²) in [7, 11) is -1.91. The van der Waals surface area contributed by atoms with Gasteiger partial charge in [-0.3, -0.25) is 0 Å². The van der Waals surface area contributed by atoms with E-state index < -0.39 is 10.0 Å². The van der Waals surface area contributed by atoms with Gasteiger partial charge in [-0.25, -0.2) is 8.42 Å². The van der Waals surface area contributed by atoms with Gasteiger partial charge in [0.25, 0.3) is 0 Å². The van der Waals surface area contributed by atoms with E-state index in [9.17, 15) is 8.42 Å². The first-order valence-corrected chi connectivity index (χ1v) is 9.46. The molecule has 0 radical (unpaired) electrons. The molecule has 0 amide bonds. The Balaban J connectivity index is 2.10. The van der Waals surface area contributed by atoms with E-state index in [1.807, 2.05) is 24.3 Å². The lowest BCUT2D eigenvalue weighted by atomic mass is 10.2. The molecule has 2 aromatic rings. The summed E-state index contributed by atoms with van der Waals surface area (Å²) in [6.07, 6.45) is 0.706. The van der Waals surface area contributed by atoms with E-state index in [4.69, 9.17) is 16.3 Å². The lowest BCUT2D eigenvalue weighted by Gasteiger charge is -2.16. The minimum atomic E-state index is -3.53. The van der Waals surface area contributed by atoms with Crippen molar-refractivity contribution >= 4 is 43.0 Å². The Bertz CT molecular complexity index is 757. The van der Waals surface area contributed by atoms with Crippen molar-refractivity contribution in [3.8, 4) is 0 Å². The summed E-state index contributed by atoms with van der Waals surface area (Å²) in [5.74, 6) is 0.204. The Kier molecular flexibility index (Phi) is 4.25. The van der Waals surface area contributed by atoms with Crippen LogP contribution in [0.2, 0.25) is 0 Å². The summed E-state index contributed by atoms with van der Waals surface area (Å²) in [6.45, 7) is 0.900. The Morgan fingerprint density at radius 3 is 2.86 bits per heavy atom. The molecule has 0 saturated carbocycles. The van der Waals surface area contributed by atoms with Gasteiger partial charge in [-0.05, 0) is 12.5 Å². The van der Waals surface area contributed by atoms with Crippen molar-refractivity contribution in [3.63, 3.8) is 0 Å². The van der Waals surface area contributed by atoms with Crippen LogP contribution in [0, 0.1) is 0 Å². The Morgan fingerprint density at radius 1 is 1.43 bits per heavy atom. The van der Waals surface area contributed by atoms with Gasteiger partial charge in [-0.15, -0.1) is 22.9 Å². The highest BCUT2D eigenvalue weighted by Crippen LogP contribution is 2.38. The number of hydrogen-bond donors (Lipinski definition) is 0. The molecule has 21 heavy (non-hydrogen) atoms.